The van der Waals surface area contributed by atoms with Gasteiger partial charge in [-0.05, 0) is 26.7 Å². The molecule has 0 aliphatic heterocycles. The minimum Gasteiger partial charge on any atom is -0.351 e. The van der Waals surface area contributed by atoms with E-state index in [1.54, 1.807) is 0 Å². The fourth-order valence-electron chi connectivity index (χ4n) is 1.68. The summed E-state index contributed by atoms with van der Waals surface area (Å²) in [5.74, 6) is 2.15. The van der Waals surface area contributed by atoms with E-state index >= 15 is 0 Å². The molecule has 6 nitrogen and oxygen atoms in total. The summed E-state index contributed by atoms with van der Waals surface area (Å²) in [4.78, 5) is 17.5. The van der Waals surface area contributed by atoms with E-state index in [-0.39, 0.29) is 0 Å². The van der Waals surface area contributed by atoms with Crippen molar-refractivity contribution in [2.24, 2.45) is 0 Å². The second-order valence-electron chi connectivity index (χ2n) is 4.74. The predicted molar refractivity (Wildman–Crippen MR) is 74.4 cm³/mol. The van der Waals surface area contributed by atoms with Gasteiger partial charge in [-0.15, -0.1) is 0 Å². The van der Waals surface area contributed by atoms with E-state index in [1.807, 2.05) is 19.0 Å². The Labute approximate surface area is 108 Å². The number of hydrogen-bond donors (Lipinski definition) is 1. The van der Waals surface area contributed by atoms with Crippen molar-refractivity contribution in [2.45, 2.75) is 32.7 Å². The van der Waals surface area contributed by atoms with Crippen molar-refractivity contribution < 1.29 is 0 Å². The normalized spacial score (nSPS) is 14.4. The van der Waals surface area contributed by atoms with Crippen LogP contribution >= 0.6 is 0 Å². The van der Waals surface area contributed by atoms with Gasteiger partial charge >= 0.3 is 0 Å². The Morgan fingerprint density at radius 1 is 1.06 bits per heavy atom. The third-order valence-corrected chi connectivity index (χ3v) is 2.97. The number of rotatable bonds is 6. The fraction of sp³-hybridized carbons (Fsp3) is 0.750. The molecule has 1 N–H and O–H groups in total. The lowest BCUT2D eigenvalue weighted by Gasteiger charge is -2.21. The maximum Gasteiger partial charge on any atom is 0.231 e. The van der Waals surface area contributed by atoms with Crippen LogP contribution in [0.5, 0.6) is 0 Å². The summed E-state index contributed by atoms with van der Waals surface area (Å²) in [5, 5.41) is 3.34. The third kappa shape index (κ3) is 3.00. The van der Waals surface area contributed by atoms with Crippen LogP contribution in [0.4, 0.5) is 17.8 Å². The minimum absolute atomic E-state index is 0.548. The highest BCUT2D eigenvalue weighted by atomic mass is 15.3. The van der Waals surface area contributed by atoms with Gasteiger partial charge in [0, 0.05) is 33.2 Å². The molecule has 0 aromatic carbocycles. The first-order valence-electron chi connectivity index (χ1n) is 6.59. The van der Waals surface area contributed by atoms with E-state index in [0.29, 0.717) is 17.9 Å². The molecule has 0 radical (unpaired) electrons. The Balaban J connectivity index is 2.28. The van der Waals surface area contributed by atoms with E-state index in [1.165, 1.54) is 12.8 Å². The van der Waals surface area contributed by atoms with Gasteiger partial charge in [0.25, 0.3) is 0 Å². The molecule has 18 heavy (non-hydrogen) atoms. The highest BCUT2D eigenvalue weighted by Gasteiger charge is 2.23. The van der Waals surface area contributed by atoms with E-state index in [9.17, 15) is 0 Å². The topological polar surface area (TPSA) is 57.2 Å². The van der Waals surface area contributed by atoms with E-state index in [0.717, 1.165) is 19.0 Å². The predicted octanol–water partition coefficient (Wildman–Crippen LogP) is 1.36. The van der Waals surface area contributed by atoms with Gasteiger partial charge in [-0.2, -0.15) is 15.0 Å². The molecule has 2 rings (SSSR count). The number of anilines is 3. The van der Waals surface area contributed by atoms with Crippen LogP contribution < -0.4 is 15.1 Å². The average Bonchev–Trinajstić information content (AvgIpc) is 3.14. The number of hydrogen-bond acceptors (Lipinski definition) is 6. The standard InChI is InChI=1S/C12H22N6/c1-5-18(6-2)12-15-10(13-9-7-8-9)14-11(16-12)17(3)4/h9H,5-8H2,1-4H3,(H,13,14,15,16). The van der Waals surface area contributed by atoms with Crippen LogP contribution in [0.15, 0.2) is 0 Å². The van der Waals surface area contributed by atoms with Crippen molar-refractivity contribution in [3.8, 4) is 0 Å². The second kappa shape index (κ2) is 5.37. The summed E-state index contributed by atoms with van der Waals surface area (Å²) < 4.78 is 0. The summed E-state index contributed by atoms with van der Waals surface area (Å²) in [6, 6.07) is 0.548. The molecule has 1 heterocycles. The first kappa shape index (κ1) is 12.9. The summed E-state index contributed by atoms with van der Waals surface area (Å²) in [6.07, 6.45) is 2.42. The number of nitrogens with one attached hydrogen (secondary N) is 1. The molecular formula is C12H22N6. The Morgan fingerprint density at radius 3 is 2.17 bits per heavy atom. The summed E-state index contributed by atoms with van der Waals surface area (Å²) in [6.45, 7) is 6.01. The van der Waals surface area contributed by atoms with Gasteiger partial charge in [-0.3, -0.25) is 0 Å². The highest BCUT2D eigenvalue weighted by Crippen LogP contribution is 2.24. The first-order chi connectivity index (χ1) is 8.63. The largest absolute Gasteiger partial charge is 0.351 e. The minimum atomic E-state index is 0.548. The molecule has 1 aromatic rings. The van der Waals surface area contributed by atoms with Gasteiger partial charge in [0.1, 0.15) is 0 Å². The lowest BCUT2D eigenvalue weighted by molar-refractivity contribution is 0.805. The molecule has 1 saturated carbocycles. The van der Waals surface area contributed by atoms with Crippen LogP contribution in [0.2, 0.25) is 0 Å². The Morgan fingerprint density at radius 2 is 1.67 bits per heavy atom. The lowest BCUT2D eigenvalue weighted by Crippen LogP contribution is -2.26. The molecule has 0 bridgehead atoms. The van der Waals surface area contributed by atoms with Crippen LogP contribution in [0.1, 0.15) is 26.7 Å². The Bertz CT molecular complexity index is 398. The van der Waals surface area contributed by atoms with Gasteiger partial charge in [-0.25, -0.2) is 0 Å². The van der Waals surface area contributed by atoms with Crippen molar-refractivity contribution in [1.82, 2.24) is 15.0 Å². The maximum absolute atomic E-state index is 4.50. The van der Waals surface area contributed by atoms with Crippen molar-refractivity contribution in [2.75, 3.05) is 42.3 Å². The molecule has 0 unspecified atom stereocenters. The van der Waals surface area contributed by atoms with Crippen LogP contribution in [-0.4, -0.2) is 48.2 Å². The molecule has 1 fully saturated rings. The summed E-state index contributed by atoms with van der Waals surface area (Å²) in [5.41, 5.74) is 0. The lowest BCUT2D eigenvalue weighted by atomic mass is 10.5. The Kier molecular flexibility index (Phi) is 3.84. The second-order valence-corrected chi connectivity index (χ2v) is 4.74. The molecular weight excluding hydrogens is 228 g/mol. The SMILES string of the molecule is CCN(CC)c1nc(NC2CC2)nc(N(C)C)n1. The molecule has 0 spiro atoms. The Hall–Kier alpha value is -1.59. The molecule has 6 heteroatoms. The van der Waals surface area contributed by atoms with E-state index in [4.69, 9.17) is 0 Å². The zero-order chi connectivity index (χ0) is 13.1. The van der Waals surface area contributed by atoms with Gasteiger partial charge in [-0.1, -0.05) is 0 Å². The van der Waals surface area contributed by atoms with Crippen LogP contribution in [0.3, 0.4) is 0 Å². The van der Waals surface area contributed by atoms with Gasteiger partial charge in [0.05, 0.1) is 0 Å². The molecule has 0 amide bonds. The zero-order valence-electron chi connectivity index (χ0n) is 11.6. The van der Waals surface area contributed by atoms with Crippen LogP contribution in [0.25, 0.3) is 0 Å². The van der Waals surface area contributed by atoms with Crippen molar-refractivity contribution in [1.29, 1.82) is 0 Å². The van der Waals surface area contributed by atoms with Gasteiger partial charge in [0.15, 0.2) is 0 Å². The van der Waals surface area contributed by atoms with Crippen molar-refractivity contribution >= 4 is 17.8 Å². The quantitative estimate of drug-likeness (QED) is 0.822. The van der Waals surface area contributed by atoms with Gasteiger partial charge in [0.2, 0.25) is 17.8 Å². The van der Waals surface area contributed by atoms with Crippen LogP contribution in [-0.2, 0) is 0 Å². The monoisotopic (exact) mass is 250 g/mol. The summed E-state index contributed by atoms with van der Waals surface area (Å²) >= 11 is 0. The maximum atomic E-state index is 4.50. The molecule has 1 aromatic heterocycles. The van der Waals surface area contributed by atoms with Gasteiger partial charge < -0.3 is 15.1 Å². The van der Waals surface area contributed by atoms with Crippen LogP contribution in [0, 0.1) is 0 Å². The first-order valence-corrected chi connectivity index (χ1v) is 6.59. The molecule has 1 aliphatic rings. The molecule has 100 valence electrons. The van der Waals surface area contributed by atoms with Crippen molar-refractivity contribution in [3.05, 3.63) is 0 Å². The van der Waals surface area contributed by atoms with Crippen molar-refractivity contribution in [3.63, 3.8) is 0 Å². The van der Waals surface area contributed by atoms with E-state index < -0.39 is 0 Å². The third-order valence-electron chi connectivity index (χ3n) is 2.97. The molecule has 0 atom stereocenters. The van der Waals surface area contributed by atoms with E-state index in [2.05, 4.69) is 39.0 Å². The molecule has 1 aliphatic carbocycles. The smallest absolute Gasteiger partial charge is 0.231 e. The zero-order valence-corrected chi connectivity index (χ0v) is 11.6. The number of aromatic nitrogens is 3. The highest BCUT2D eigenvalue weighted by molar-refractivity contribution is 5.45. The number of nitrogens with zero attached hydrogens (tertiary/aromatic N) is 5. The summed E-state index contributed by atoms with van der Waals surface area (Å²) in [7, 11) is 3.89. The average molecular weight is 250 g/mol. The fourth-order valence-corrected chi connectivity index (χ4v) is 1.68. The molecule has 0 saturated heterocycles.